The lowest BCUT2D eigenvalue weighted by Gasteiger charge is -2.13. The van der Waals surface area contributed by atoms with Crippen molar-refractivity contribution in [2.75, 3.05) is 13.2 Å². The summed E-state index contributed by atoms with van der Waals surface area (Å²) >= 11 is 0. The molecule has 0 atom stereocenters. The van der Waals surface area contributed by atoms with Crippen molar-refractivity contribution in [2.24, 2.45) is 0 Å². The predicted octanol–water partition coefficient (Wildman–Crippen LogP) is 1.89. The molecular weight excluding hydrogens is 226 g/mol. The normalized spacial score (nSPS) is 12.2. The third-order valence-electron chi connectivity index (χ3n) is 2.61. The maximum atomic E-state index is 12.8. The van der Waals surface area contributed by atoms with Gasteiger partial charge < -0.3 is 15.4 Å². The number of H-pyrrole nitrogens is 1. The summed E-state index contributed by atoms with van der Waals surface area (Å²) in [5, 5.41) is 12.1. The Morgan fingerprint density at radius 3 is 2.82 bits per heavy atom. The van der Waals surface area contributed by atoms with Gasteiger partial charge in [-0.3, -0.25) is 0 Å². The van der Waals surface area contributed by atoms with Crippen molar-refractivity contribution >= 4 is 10.9 Å². The Morgan fingerprint density at radius 2 is 2.06 bits per heavy atom. The van der Waals surface area contributed by atoms with E-state index in [0.29, 0.717) is 6.54 Å². The van der Waals surface area contributed by atoms with E-state index in [-0.39, 0.29) is 0 Å². The van der Waals surface area contributed by atoms with Gasteiger partial charge in [-0.05, 0) is 11.6 Å². The zero-order valence-electron chi connectivity index (χ0n) is 9.21. The van der Waals surface area contributed by atoms with E-state index in [4.69, 9.17) is 5.11 Å². The third-order valence-corrected chi connectivity index (χ3v) is 2.61. The molecule has 0 spiro atoms. The molecule has 0 aliphatic rings. The molecule has 0 saturated heterocycles. The van der Waals surface area contributed by atoms with Crippen LogP contribution < -0.4 is 5.32 Å². The van der Waals surface area contributed by atoms with E-state index >= 15 is 0 Å². The number of aromatic amines is 1. The Morgan fingerprint density at radius 1 is 1.29 bits per heavy atom. The summed E-state index contributed by atoms with van der Waals surface area (Å²) in [6, 6.07) is 7.69. The van der Waals surface area contributed by atoms with E-state index in [1.165, 1.54) is 0 Å². The van der Waals surface area contributed by atoms with Crippen molar-refractivity contribution < 1.29 is 13.9 Å². The first-order chi connectivity index (χ1) is 8.12. The highest BCUT2D eigenvalue weighted by Gasteiger charge is 2.26. The fourth-order valence-electron chi connectivity index (χ4n) is 1.71. The summed E-state index contributed by atoms with van der Waals surface area (Å²) in [4.78, 5) is 3.07. The predicted molar refractivity (Wildman–Crippen MR) is 62.0 cm³/mol. The van der Waals surface area contributed by atoms with E-state index in [2.05, 4.69) is 10.3 Å². The van der Waals surface area contributed by atoms with Crippen LogP contribution in [0.4, 0.5) is 8.78 Å². The second-order valence-electron chi connectivity index (χ2n) is 3.98. The third kappa shape index (κ3) is 2.81. The van der Waals surface area contributed by atoms with Crippen LogP contribution in [0, 0.1) is 0 Å². The number of rotatable bonds is 5. The van der Waals surface area contributed by atoms with Crippen LogP contribution in [0.2, 0.25) is 0 Å². The Hall–Kier alpha value is -1.46. The Labute approximate surface area is 97.5 Å². The number of hydrogen-bond donors (Lipinski definition) is 3. The lowest BCUT2D eigenvalue weighted by molar-refractivity contribution is -0.0477. The number of halogens is 2. The Bertz CT molecular complexity index is 496. The molecule has 2 aromatic rings. The molecule has 1 aromatic carbocycles. The number of nitrogens with one attached hydrogen (secondary N) is 2. The lowest BCUT2D eigenvalue weighted by Crippen LogP contribution is -2.35. The summed E-state index contributed by atoms with van der Waals surface area (Å²) in [5.41, 5.74) is 1.92. The Balaban J connectivity index is 2.00. The molecule has 0 fully saturated rings. The smallest absolute Gasteiger partial charge is 0.282 e. The first-order valence-corrected chi connectivity index (χ1v) is 5.37. The largest absolute Gasteiger partial charge is 0.390 e. The van der Waals surface area contributed by atoms with Crippen molar-refractivity contribution in [2.45, 2.75) is 12.5 Å². The van der Waals surface area contributed by atoms with Crippen LogP contribution in [0.25, 0.3) is 10.9 Å². The van der Waals surface area contributed by atoms with Crippen molar-refractivity contribution in [1.29, 1.82) is 0 Å². The average molecular weight is 240 g/mol. The fourth-order valence-corrected chi connectivity index (χ4v) is 1.71. The molecule has 0 aliphatic carbocycles. The van der Waals surface area contributed by atoms with Gasteiger partial charge in [0.1, 0.15) is 6.61 Å². The highest BCUT2D eigenvalue weighted by Crippen LogP contribution is 2.17. The quantitative estimate of drug-likeness (QED) is 0.747. The van der Waals surface area contributed by atoms with Crippen molar-refractivity contribution in [3.8, 4) is 0 Å². The van der Waals surface area contributed by atoms with Gasteiger partial charge in [-0.2, -0.15) is 0 Å². The number of aromatic nitrogens is 1. The van der Waals surface area contributed by atoms with Gasteiger partial charge >= 0.3 is 0 Å². The van der Waals surface area contributed by atoms with Crippen LogP contribution in [0.1, 0.15) is 5.56 Å². The van der Waals surface area contributed by atoms with Gasteiger partial charge in [0.25, 0.3) is 5.92 Å². The van der Waals surface area contributed by atoms with Gasteiger partial charge in [-0.25, -0.2) is 8.78 Å². The number of para-hydroxylation sites is 1. The number of hydrogen-bond acceptors (Lipinski definition) is 2. The molecule has 0 aliphatic heterocycles. The molecule has 0 saturated carbocycles. The molecular formula is C12H14F2N2O. The standard InChI is InChI=1S/C12H14F2N2O/c13-12(14,8-17)7-15-5-9-6-16-11-4-2-1-3-10(9)11/h1-4,6,15-17H,5,7-8H2. The van der Waals surface area contributed by atoms with Gasteiger partial charge in [-0.15, -0.1) is 0 Å². The summed E-state index contributed by atoms with van der Waals surface area (Å²) in [7, 11) is 0. The monoisotopic (exact) mass is 240 g/mol. The molecule has 17 heavy (non-hydrogen) atoms. The van der Waals surface area contributed by atoms with E-state index in [1.807, 2.05) is 24.3 Å². The van der Waals surface area contributed by atoms with Crippen molar-refractivity contribution in [1.82, 2.24) is 10.3 Å². The van der Waals surface area contributed by atoms with E-state index in [9.17, 15) is 8.78 Å². The van der Waals surface area contributed by atoms with Crippen LogP contribution in [0.3, 0.4) is 0 Å². The topological polar surface area (TPSA) is 48.0 Å². The van der Waals surface area contributed by atoms with Gasteiger partial charge in [-0.1, -0.05) is 18.2 Å². The molecule has 0 unspecified atom stereocenters. The zero-order chi connectivity index (χ0) is 12.3. The van der Waals surface area contributed by atoms with Crippen LogP contribution in [0.5, 0.6) is 0 Å². The number of fused-ring (bicyclic) bond motifs is 1. The molecule has 5 heteroatoms. The molecule has 1 heterocycles. The minimum absolute atomic E-state index is 0.347. The SMILES string of the molecule is OCC(F)(F)CNCc1c[nH]c2ccccc12. The number of aliphatic hydroxyl groups is 1. The van der Waals surface area contributed by atoms with Crippen LogP contribution >= 0.6 is 0 Å². The van der Waals surface area contributed by atoms with Crippen LogP contribution in [-0.4, -0.2) is 29.2 Å². The first kappa shape index (κ1) is 12.0. The second-order valence-corrected chi connectivity index (χ2v) is 3.98. The maximum Gasteiger partial charge on any atom is 0.282 e. The summed E-state index contributed by atoms with van der Waals surface area (Å²) in [5.74, 6) is -3.06. The average Bonchev–Trinajstić information content (AvgIpc) is 2.73. The van der Waals surface area contributed by atoms with Gasteiger partial charge in [0.05, 0.1) is 6.54 Å². The summed E-state index contributed by atoms with van der Waals surface area (Å²) in [6.45, 7) is -1.31. The molecule has 3 N–H and O–H groups in total. The van der Waals surface area contributed by atoms with Crippen molar-refractivity contribution in [3.05, 3.63) is 36.0 Å². The molecule has 0 bridgehead atoms. The van der Waals surface area contributed by atoms with Gasteiger partial charge in [0, 0.05) is 23.6 Å². The molecule has 0 radical (unpaired) electrons. The van der Waals surface area contributed by atoms with Crippen LogP contribution in [-0.2, 0) is 6.54 Å². The minimum atomic E-state index is -3.06. The maximum absolute atomic E-state index is 12.8. The fraction of sp³-hybridized carbons (Fsp3) is 0.333. The highest BCUT2D eigenvalue weighted by atomic mass is 19.3. The Kier molecular flexibility index (Phi) is 3.40. The molecule has 3 nitrogen and oxygen atoms in total. The molecule has 1 aromatic heterocycles. The highest BCUT2D eigenvalue weighted by molar-refractivity contribution is 5.82. The van der Waals surface area contributed by atoms with E-state index < -0.39 is 19.1 Å². The molecule has 2 rings (SSSR count). The summed E-state index contributed by atoms with van der Waals surface area (Å²) in [6.07, 6.45) is 1.80. The molecule has 92 valence electrons. The minimum Gasteiger partial charge on any atom is -0.390 e. The van der Waals surface area contributed by atoms with E-state index in [0.717, 1.165) is 16.5 Å². The van der Waals surface area contributed by atoms with Gasteiger partial charge in [0.15, 0.2) is 0 Å². The van der Waals surface area contributed by atoms with Gasteiger partial charge in [0.2, 0.25) is 0 Å². The lowest BCUT2D eigenvalue weighted by atomic mass is 10.2. The summed E-state index contributed by atoms with van der Waals surface area (Å²) < 4.78 is 25.6. The van der Waals surface area contributed by atoms with Crippen molar-refractivity contribution in [3.63, 3.8) is 0 Å². The van der Waals surface area contributed by atoms with E-state index in [1.54, 1.807) is 6.20 Å². The number of aliphatic hydroxyl groups excluding tert-OH is 1. The van der Waals surface area contributed by atoms with Crippen LogP contribution in [0.15, 0.2) is 30.5 Å². The first-order valence-electron chi connectivity index (χ1n) is 5.37. The number of alkyl halides is 2. The number of benzene rings is 1. The second kappa shape index (κ2) is 4.81. The molecule has 0 amide bonds. The zero-order valence-corrected chi connectivity index (χ0v) is 9.21.